The molecule has 0 unspecified atom stereocenters. The van der Waals surface area contributed by atoms with Crippen LogP contribution in [0.15, 0.2) is 60.8 Å². The maximum atomic E-state index is 9.26. The number of nitriles is 1. The van der Waals surface area contributed by atoms with Crippen LogP contribution in [0.3, 0.4) is 0 Å². The Hall–Kier alpha value is -3.79. The number of para-hydroxylation sites is 3. The molecule has 1 N–H and O–H groups in total. The fourth-order valence-electron chi connectivity index (χ4n) is 3.46. The summed E-state index contributed by atoms with van der Waals surface area (Å²) in [6.45, 7) is 3.46. The molecule has 1 aliphatic heterocycles. The van der Waals surface area contributed by atoms with Gasteiger partial charge in [-0.1, -0.05) is 24.3 Å². The Kier molecular flexibility index (Phi) is 5.43. The van der Waals surface area contributed by atoms with E-state index in [1.54, 1.807) is 19.4 Å². The van der Waals surface area contributed by atoms with Gasteiger partial charge in [-0.25, -0.2) is 4.98 Å². The van der Waals surface area contributed by atoms with Gasteiger partial charge in [-0.05, 0) is 30.3 Å². The lowest BCUT2D eigenvalue weighted by atomic mass is 10.2. The average molecular weight is 386 g/mol. The lowest BCUT2D eigenvalue weighted by molar-refractivity contribution is 0.413. The van der Waals surface area contributed by atoms with Crippen LogP contribution in [0.1, 0.15) is 5.56 Å². The number of nitrogens with zero attached hydrogens (tertiary/aromatic N) is 5. The molecular weight excluding hydrogens is 364 g/mol. The number of rotatable bonds is 5. The van der Waals surface area contributed by atoms with Crippen LogP contribution in [0.25, 0.3) is 0 Å². The summed E-state index contributed by atoms with van der Waals surface area (Å²) < 4.78 is 5.49. The third kappa shape index (κ3) is 4.06. The molecular formula is C22H22N6O. The van der Waals surface area contributed by atoms with Crippen molar-refractivity contribution >= 4 is 23.1 Å². The van der Waals surface area contributed by atoms with Crippen LogP contribution >= 0.6 is 0 Å². The van der Waals surface area contributed by atoms with Gasteiger partial charge in [0.25, 0.3) is 0 Å². The normalized spacial score (nSPS) is 13.7. The Labute approximate surface area is 170 Å². The van der Waals surface area contributed by atoms with E-state index in [4.69, 9.17) is 4.74 Å². The number of hydrogen-bond donors (Lipinski definition) is 1. The molecule has 2 heterocycles. The number of methoxy groups -OCH3 is 1. The molecule has 2 aromatic carbocycles. The van der Waals surface area contributed by atoms with Crippen LogP contribution in [-0.4, -0.2) is 43.3 Å². The van der Waals surface area contributed by atoms with Crippen molar-refractivity contribution in [2.45, 2.75) is 0 Å². The second-order valence-electron chi connectivity index (χ2n) is 6.67. The van der Waals surface area contributed by atoms with Crippen molar-refractivity contribution in [1.82, 2.24) is 9.97 Å². The number of nitrogens with one attached hydrogen (secondary N) is 1. The average Bonchev–Trinajstić information content (AvgIpc) is 2.80. The van der Waals surface area contributed by atoms with Crippen LogP contribution in [0.4, 0.5) is 23.1 Å². The SMILES string of the molecule is COc1ccccc1N1CCN(c2ccnc(Nc3ccccc3C#N)n2)CC1. The third-order valence-electron chi connectivity index (χ3n) is 4.96. The van der Waals surface area contributed by atoms with Crippen molar-refractivity contribution in [1.29, 1.82) is 5.26 Å². The summed E-state index contributed by atoms with van der Waals surface area (Å²) >= 11 is 0. The minimum absolute atomic E-state index is 0.484. The zero-order valence-corrected chi connectivity index (χ0v) is 16.2. The standard InChI is InChI=1S/C22H22N6O/c1-29-20-9-5-4-8-19(20)27-12-14-28(15-13-27)21-10-11-24-22(26-21)25-18-7-3-2-6-17(18)16-23/h2-11H,12-15H2,1H3,(H,24,25,26). The number of ether oxygens (including phenoxy) is 1. The first-order valence-electron chi connectivity index (χ1n) is 9.50. The van der Waals surface area contributed by atoms with Gasteiger partial charge in [-0.15, -0.1) is 0 Å². The van der Waals surface area contributed by atoms with Crippen molar-refractivity contribution in [3.8, 4) is 11.8 Å². The summed E-state index contributed by atoms with van der Waals surface area (Å²) in [6, 6.07) is 19.5. The molecule has 7 nitrogen and oxygen atoms in total. The number of piperazine rings is 1. The first-order valence-corrected chi connectivity index (χ1v) is 9.50. The van der Waals surface area contributed by atoms with Crippen LogP contribution in [0.2, 0.25) is 0 Å². The Morgan fingerprint density at radius 1 is 0.966 bits per heavy atom. The lowest BCUT2D eigenvalue weighted by Gasteiger charge is -2.37. The van der Waals surface area contributed by atoms with Crippen LogP contribution < -0.4 is 19.9 Å². The highest BCUT2D eigenvalue weighted by molar-refractivity contribution is 5.64. The summed E-state index contributed by atoms with van der Waals surface area (Å²) in [5.41, 5.74) is 2.38. The van der Waals surface area contributed by atoms with Gasteiger partial charge >= 0.3 is 0 Å². The molecule has 0 radical (unpaired) electrons. The number of anilines is 4. The molecule has 146 valence electrons. The van der Waals surface area contributed by atoms with Gasteiger partial charge in [0.2, 0.25) is 5.95 Å². The van der Waals surface area contributed by atoms with Crippen LogP contribution in [-0.2, 0) is 0 Å². The fraction of sp³-hybridized carbons (Fsp3) is 0.227. The molecule has 29 heavy (non-hydrogen) atoms. The molecule has 4 rings (SSSR count). The van der Waals surface area contributed by atoms with E-state index in [0.717, 1.165) is 43.4 Å². The van der Waals surface area contributed by atoms with E-state index in [9.17, 15) is 5.26 Å². The van der Waals surface area contributed by atoms with E-state index in [1.807, 2.05) is 42.5 Å². The fourth-order valence-corrected chi connectivity index (χ4v) is 3.46. The molecule has 0 bridgehead atoms. The molecule has 1 aromatic heterocycles. The second kappa shape index (κ2) is 8.48. The Balaban J connectivity index is 1.45. The summed E-state index contributed by atoms with van der Waals surface area (Å²) in [7, 11) is 1.70. The number of aromatic nitrogens is 2. The zero-order valence-electron chi connectivity index (χ0n) is 16.2. The molecule has 0 saturated carbocycles. The molecule has 0 aliphatic carbocycles. The van der Waals surface area contributed by atoms with Gasteiger partial charge in [0.15, 0.2) is 0 Å². The Bertz CT molecular complexity index is 1020. The quantitative estimate of drug-likeness (QED) is 0.720. The van der Waals surface area contributed by atoms with E-state index in [0.29, 0.717) is 17.2 Å². The smallest absolute Gasteiger partial charge is 0.229 e. The molecule has 3 aromatic rings. The van der Waals surface area contributed by atoms with Gasteiger partial charge in [-0.2, -0.15) is 10.2 Å². The monoisotopic (exact) mass is 386 g/mol. The Morgan fingerprint density at radius 3 is 2.48 bits per heavy atom. The van der Waals surface area contributed by atoms with Gasteiger partial charge in [-0.3, -0.25) is 0 Å². The first kappa shape index (κ1) is 18.6. The highest BCUT2D eigenvalue weighted by Crippen LogP contribution is 2.29. The molecule has 0 atom stereocenters. The van der Waals surface area contributed by atoms with Gasteiger partial charge in [0.1, 0.15) is 17.6 Å². The molecule has 1 fully saturated rings. The highest BCUT2D eigenvalue weighted by atomic mass is 16.5. The molecule has 7 heteroatoms. The maximum absolute atomic E-state index is 9.26. The molecule has 1 saturated heterocycles. The number of hydrogen-bond acceptors (Lipinski definition) is 7. The van der Waals surface area contributed by atoms with Crippen molar-refractivity contribution in [3.63, 3.8) is 0 Å². The van der Waals surface area contributed by atoms with Crippen molar-refractivity contribution in [2.75, 3.05) is 48.4 Å². The second-order valence-corrected chi connectivity index (χ2v) is 6.67. The largest absolute Gasteiger partial charge is 0.495 e. The summed E-state index contributed by atoms with van der Waals surface area (Å²) in [5, 5.41) is 12.4. The van der Waals surface area contributed by atoms with Crippen molar-refractivity contribution in [2.24, 2.45) is 0 Å². The van der Waals surface area contributed by atoms with Crippen molar-refractivity contribution in [3.05, 3.63) is 66.4 Å². The molecule has 0 amide bonds. The molecule has 0 spiro atoms. The third-order valence-corrected chi connectivity index (χ3v) is 4.96. The van der Waals surface area contributed by atoms with E-state index in [2.05, 4.69) is 37.2 Å². The maximum Gasteiger partial charge on any atom is 0.229 e. The van der Waals surface area contributed by atoms with E-state index in [-0.39, 0.29) is 0 Å². The van der Waals surface area contributed by atoms with E-state index in [1.165, 1.54) is 0 Å². The van der Waals surface area contributed by atoms with Crippen LogP contribution in [0, 0.1) is 11.3 Å². The minimum atomic E-state index is 0.484. The predicted molar refractivity (Wildman–Crippen MR) is 114 cm³/mol. The highest BCUT2D eigenvalue weighted by Gasteiger charge is 2.20. The topological polar surface area (TPSA) is 77.3 Å². The van der Waals surface area contributed by atoms with Gasteiger partial charge in [0.05, 0.1) is 24.0 Å². The zero-order chi connectivity index (χ0) is 20.1. The summed E-state index contributed by atoms with van der Waals surface area (Å²) in [5.74, 6) is 2.25. The predicted octanol–water partition coefficient (Wildman–Crippen LogP) is 3.43. The number of benzene rings is 2. The minimum Gasteiger partial charge on any atom is -0.495 e. The lowest BCUT2D eigenvalue weighted by Crippen LogP contribution is -2.47. The summed E-state index contributed by atoms with van der Waals surface area (Å²) in [6.07, 6.45) is 1.74. The van der Waals surface area contributed by atoms with Gasteiger partial charge in [0, 0.05) is 32.4 Å². The first-order chi connectivity index (χ1) is 14.3. The van der Waals surface area contributed by atoms with Gasteiger partial charge < -0.3 is 19.9 Å². The Morgan fingerprint density at radius 2 is 1.69 bits per heavy atom. The van der Waals surface area contributed by atoms with E-state index >= 15 is 0 Å². The van der Waals surface area contributed by atoms with Crippen molar-refractivity contribution < 1.29 is 4.74 Å². The van der Waals surface area contributed by atoms with Crippen LogP contribution in [0.5, 0.6) is 5.75 Å². The molecule has 1 aliphatic rings. The summed E-state index contributed by atoms with van der Waals surface area (Å²) in [4.78, 5) is 13.5. The van der Waals surface area contributed by atoms with E-state index < -0.39 is 0 Å².